The molecular weight excluding hydrogens is 248 g/mol. The van der Waals surface area contributed by atoms with Gasteiger partial charge in [-0.05, 0) is 40.3 Å². The summed E-state index contributed by atoms with van der Waals surface area (Å²) in [5.41, 5.74) is 4.27. The normalized spacial score (nSPS) is 16.1. The smallest absolute Gasteiger partial charge is 0.164 e. The minimum atomic E-state index is -0.0606. The van der Waals surface area contributed by atoms with E-state index in [1.165, 1.54) is 0 Å². The zero-order chi connectivity index (χ0) is 14.3. The third kappa shape index (κ3) is 2.01. The van der Waals surface area contributed by atoms with Crippen LogP contribution in [0, 0.1) is 0 Å². The molecule has 102 valence electrons. The van der Waals surface area contributed by atoms with Crippen molar-refractivity contribution in [3.05, 3.63) is 53.6 Å². The third-order valence-electron chi connectivity index (χ3n) is 4.07. The molecule has 0 atom stereocenters. The topological polar surface area (TPSA) is 26.3 Å². The van der Waals surface area contributed by atoms with Gasteiger partial charge in [0.1, 0.15) is 5.75 Å². The Bertz CT molecular complexity index is 666. The van der Waals surface area contributed by atoms with Crippen molar-refractivity contribution in [2.45, 2.75) is 25.7 Å². The van der Waals surface area contributed by atoms with Crippen LogP contribution in [-0.4, -0.2) is 12.9 Å². The maximum Gasteiger partial charge on any atom is 0.164 e. The zero-order valence-electron chi connectivity index (χ0n) is 12.1. The number of carbonyl (C=O) groups excluding carboxylic acids is 1. The summed E-state index contributed by atoms with van der Waals surface area (Å²) in [6.07, 6.45) is 0.606. The fraction of sp³-hybridized carbons (Fsp3) is 0.278. The number of ether oxygens (including phenoxy) is 1. The summed E-state index contributed by atoms with van der Waals surface area (Å²) < 4.78 is 5.18. The maximum atomic E-state index is 12.0. The van der Waals surface area contributed by atoms with E-state index in [1.54, 1.807) is 7.11 Å². The number of benzene rings is 2. The lowest BCUT2D eigenvalue weighted by Gasteiger charge is -2.18. The number of ketones is 1. The standard InChI is InChI=1S/C18H18O2/c1-18(2)11-17(19)15-9-6-13(10-16(15)18)12-4-7-14(20-3)8-5-12/h4-10H,11H2,1-3H3. The molecule has 0 aliphatic heterocycles. The van der Waals surface area contributed by atoms with E-state index in [9.17, 15) is 4.79 Å². The van der Waals surface area contributed by atoms with Crippen molar-refractivity contribution in [3.8, 4) is 16.9 Å². The van der Waals surface area contributed by atoms with Crippen molar-refractivity contribution in [2.24, 2.45) is 0 Å². The number of hydrogen-bond donors (Lipinski definition) is 0. The first-order chi connectivity index (χ1) is 9.51. The molecule has 1 aliphatic rings. The van der Waals surface area contributed by atoms with Gasteiger partial charge < -0.3 is 4.74 Å². The molecule has 0 unspecified atom stereocenters. The molecule has 2 heteroatoms. The summed E-state index contributed by atoms with van der Waals surface area (Å²) in [6.45, 7) is 4.27. The fourth-order valence-electron chi connectivity index (χ4n) is 2.90. The molecule has 1 aliphatic carbocycles. The Balaban J connectivity index is 2.06. The van der Waals surface area contributed by atoms with Crippen LogP contribution in [0.25, 0.3) is 11.1 Å². The number of carbonyl (C=O) groups is 1. The average Bonchev–Trinajstić information content (AvgIpc) is 2.68. The van der Waals surface area contributed by atoms with E-state index in [0.717, 1.165) is 28.0 Å². The number of fused-ring (bicyclic) bond motifs is 1. The molecule has 20 heavy (non-hydrogen) atoms. The number of Topliss-reactive ketones (excluding diaryl/α,β-unsaturated/α-hetero) is 1. The van der Waals surface area contributed by atoms with Crippen LogP contribution in [0.3, 0.4) is 0 Å². The van der Waals surface area contributed by atoms with Gasteiger partial charge in [0.2, 0.25) is 0 Å². The Labute approximate surface area is 119 Å². The van der Waals surface area contributed by atoms with Crippen molar-refractivity contribution in [1.29, 1.82) is 0 Å². The van der Waals surface area contributed by atoms with Gasteiger partial charge in [-0.15, -0.1) is 0 Å². The van der Waals surface area contributed by atoms with E-state index in [4.69, 9.17) is 4.74 Å². The lowest BCUT2D eigenvalue weighted by Crippen LogP contribution is -2.12. The summed E-state index contributed by atoms with van der Waals surface area (Å²) in [4.78, 5) is 12.0. The van der Waals surface area contributed by atoms with Crippen LogP contribution < -0.4 is 4.74 Å². The van der Waals surface area contributed by atoms with E-state index < -0.39 is 0 Å². The van der Waals surface area contributed by atoms with Crippen LogP contribution >= 0.6 is 0 Å². The SMILES string of the molecule is COc1ccc(-c2ccc3c(c2)C(C)(C)CC3=O)cc1. The predicted octanol–water partition coefficient (Wildman–Crippen LogP) is 4.23. The lowest BCUT2D eigenvalue weighted by molar-refractivity contribution is 0.0979. The van der Waals surface area contributed by atoms with Crippen molar-refractivity contribution in [3.63, 3.8) is 0 Å². The molecule has 0 bridgehead atoms. The van der Waals surface area contributed by atoms with Crippen LogP contribution in [0.5, 0.6) is 5.75 Å². The van der Waals surface area contributed by atoms with Gasteiger partial charge in [0.05, 0.1) is 7.11 Å². The average molecular weight is 266 g/mol. The second kappa shape index (κ2) is 4.48. The van der Waals surface area contributed by atoms with Crippen LogP contribution in [0.15, 0.2) is 42.5 Å². The van der Waals surface area contributed by atoms with Crippen LogP contribution in [0.1, 0.15) is 36.2 Å². The number of hydrogen-bond acceptors (Lipinski definition) is 2. The first-order valence-electron chi connectivity index (χ1n) is 6.83. The first kappa shape index (κ1) is 12.9. The molecule has 0 saturated carbocycles. The van der Waals surface area contributed by atoms with Crippen LogP contribution in [-0.2, 0) is 5.41 Å². The molecule has 0 N–H and O–H groups in total. The third-order valence-corrected chi connectivity index (χ3v) is 4.07. The van der Waals surface area contributed by atoms with Gasteiger partial charge in [0, 0.05) is 12.0 Å². The van der Waals surface area contributed by atoms with Crippen molar-refractivity contribution < 1.29 is 9.53 Å². The molecule has 0 amide bonds. The van der Waals surface area contributed by atoms with Crippen LogP contribution in [0.2, 0.25) is 0 Å². The Morgan fingerprint density at radius 1 is 1.00 bits per heavy atom. The molecule has 2 nitrogen and oxygen atoms in total. The predicted molar refractivity (Wildman–Crippen MR) is 80.4 cm³/mol. The Morgan fingerprint density at radius 3 is 2.30 bits per heavy atom. The highest BCUT2D eigenvalue weighted by atomic mass is 16.5. The Hall–Kier alpha value is -2.09. The lowest BCUT2D eigenvalue weighted by atomic mass is 9.85. The molecular formula is C18H18O2. The summed E-state index contributed by atoms with van der Waals surface area (Å²) in [5.74, 6) is 1.11. The molecule has 0 aromatic heterocycles. The highest BCUT2D eigenvalue weighted by molar-refractivity contribution is 6.02. The van der Waals surface area contributed by atoms with Gasteiger partial charge >= 0.3 is 0 Å². The molecule has 3 rings (SSSR count). The Kier molecular flexibility index (Phi) is 2.89. The van der Waals surface area contributed by atoms with Gasteiger partial charge in [-0.25, -0.2) is 0 Å². The van der Waals surface area contributed by atoms with Crippen molar-refractivity contribution >= 4 is 5.78 Å². The van der Waals surface area contributed by atoms with E-state index >= 15 is 0 Å². The van der Waals surface area contributed by atoms with Crippen molar-refractivity contribution in [2.75, 3.05) is 7.11 Å². The van der Waals surface area contributed by atoms with E-state index in [1.807, 2.05) is 36.4 Å². The minimum Gasteiger partial charge on any atom is -0.497 e. The largest absolute Gasteiger partial charge is 0.497 e. The zero-order valence-corrected chi connectivity index (χ0v) is 12.1. The second-order valence-electron chi connectivity index (χ2n) is 5.97. The minimum absolute atomic E-state index is 0.0606. The number of methoxy groups -OCH3 is 1. The molecule has 0 spiro atoms. The number of rotatable bonds is 2. The fourth-order valence-corrected chi connectivity index (χ4v) is 2.90. The highest BCUT2D eigenvalue weighted by Crippen LogP contribution is 2.40. The second-order valence-corrected chi connectivity index (χ2v) is 5.97. The molecule has 0 fully saturated rings. The summed E-state index contributed by atoms with van der Waals surface area (Å²) in [6, 6.07) is 14.2. The van der Waals surface area contributed by atoms with Gasteiger partial charge in [-0.3, -0.25) is 4.79 Å². The molecule has 2 aromatic carbocycles. The molecule has 0 radical (unpaired) electrons. The highest BCUT2D eigenvalue weighted by Gasteiger charge is 2.35. The summed E-state index contributed by atoms with van der Waals surface area (Å²) in [7, 11) is 1.67. The van der Waals surface area contributed by atoms with Gasteiger partial charge in [0.25, 0.3) is 0 Å². The summed E-state index contributed by atoms with van der Waals surface area (Å²) in [5, 5.41) is 0. The van der Waals surface area contributed by atoms with E-state index in [0.29, 0.717) is 6.42 Å². The van der Waals surface area contributed by atoms with E-state index in [2.05, 4.69) is 19.9 Å². The summed E-state index contributed by atoms with van der Waals surface area (Å²) >= 11 is 0. The quantitative estimate of drug-likeness (QED) is 0.813. The van der Waals surface area contributed by atoms with Gasteiger partial charge in [-0.1, -0.05) is 38.1 Å². The van der Waals surface area contributed by atoms with Crippen LogP contribution in [0.4, 0.5) is 0 Å². The molecule has 2 aromatic rings. The monoisotopic (exact) mass is 266 g/mol. The van der Waals surface area contributed by atoms with Gasteiger partial charge in [-0.2, -0.15) is 0 Å². The van der Waals surface area contributed by atoms with Gasteiger partial charge in [0.15, 0.2) is 5.78 Å². The van der Waals surface area contributed by atoms with E-state index in [-0.39, 0.29) is 11.2 Å². The Morgan fingerprint density at radius 2 is 1.65 bits per heavy atom. The van der Waals surface area contributed by atoms with Crippen molar-refractivity contribution in [1.82, 2.24) is 0 Å². The molecule has 0 saturated heterocycles. The molecule has 0 heterocycles. The maximum absolute atomic E-state index is 12.0. The first-order valence-corrected chi connectivity index (χ1v) is 6.83.